The highest BCUT2D eigenvalue weighted by atomic mass is 16.5. The molecule has 0 spiro atoms. The van der Waals surface area contributed by atoms with Gasteiger partial charge in [0.1, 0.15) is 17.3 Å². The molecule has 0 aliphatic heterocycles. The summed E-state index contributed by atoms with van der Waals surface area (Å²) in [6, 6.07) is 16.6. The van der Waals surface area contributed by atoms with Crippen LogP contribution in [0.2, 0.25) is 0 Å². The lowest BCUT2D eigenvalue weighted by molar-refractivity contribution is 0.103. The van der Waals surface area contributed by atoms with Gasteiger partial charge in [-0.05, 0) is 43.3 Å². The number of ether oxygens (including phenoxy) is 1. The van der Waals surface area contributed by atoms with Gasteiger partial charge in [0.15, 0.2) is 5.65 Å². The molecule has 2 aromatic carbocycles. The first-order valence-corrected chi connectivity index (χ1v) is 8.14. The molecule has 0 fully saturated rings. The summed E-state index contributed by atoms with van der Waals surface area (Å²) in [4.78, 5) is 21.9. The average molecular weight is 344 g/mol. The fourth-order valence-electron chi connectivity index (χ4n) is 2.83. The third-order valence-corrected chi connectivity index (χ3v) is 4.11. The van der Waals surface area contributed by atoms with Gasteiger partial charge in [-0.15, -0.1) is 0 Å². The highest BCUT2D eigenvalue weighted by Gasteiger charge is 2.19. The standard InChI is InChI=1S/C20H16N4O2/c1-13-22-18(19(25)14-8-10-16(26-2)11-9-14)17-12-21-24(20(17)23-13)15-6-4-3-5-7-15/h3-12H,1-2H3. The number of carbonyl (C=O) groups excluding carboxylic acids is 1. The van der Waals surface area contributed by atoms with E-state index in [1.807, 2.05) is 30.3 Å². The topological polar surface area (TPSA) is 69.9 Å². The summed E-state index contributed by atoms with van der Waals surface area (Å²) < 4.78 is 6.86. The first kappa shape index (κ1) is 16.0. The second-order valence-corrected chi connectivity index (χ2v) is 5.81. The molecule has 0 N–H and O–H groups in total. The van der Waals surface area contributed by atoms with Gasteiger partial charge in [0.25, 0.3) is 0 Å². The molecule has 4 aromatic rings. The Hall–Kier alpha value is -3.54. The lowest BCUT2D eigenvalue weighted by Crippen LogP contribution is -2.08. The van der Waals surface area contributed by atoms with Gasteiger partial charge < -0.3 is 4.74 Å². The molecule has 4 rings (SSSR count). The molecule has 0 saturated carbocycles. The van der Waals surface area contributed by atoms with Gasteiger partial charge in [-0.1, -0.05) is 18.2 Å². The molecule has 0 atom stereocenters. The Balaban J connectivity index is 1.85. The number of fused-ring (bicyclic) bond motifs is 1. The van der Waals surface area contributed by atoms with Crippen molar-refractivity contribution < 1.29 is 9.53 Å². The average Bonchev–Trinajstić information content (AvgIpc) is 3.11. The Morgan fingerprint density at radius 1 is 1.00 bits per heavy atom. The van der Waals surface area contributed by atoms with Crippen molar-refractivity contribution in [2.75, 3.05) is 7.11 Å². The van der Waals surface area contributed by atoms with Crippen LogP contribution < -0.4 is 4.74 Å². The van der Waals surface area contributed by atoms with Crippen LogP contribution >= 0.6 is 0 Å². The van der Waals surface area contributed by atoms with Crippen molar-refractivity contribution in [3.63, 3.8) is 0 Å². The van der Waals surface area contributed by atoms with Crippen molar-refractivity contribution in [1.82, 2.24) is 19.7 Å². The summed E-state index contributed by atoms with van der Waals surface area (Å²) in [5, 5.41) is 5.04. The molecule has 0 aliphatic carbocycles. The highest BCUT2D eigenvalue weighted by molar-refractivity contribution is 6.14. The quantitative estimate of drug-likeness (QED) is 0.531. The molecule has 2 aromatic heterocycles. The van der Waals surface area contributed by atoms with E-state index < -0.39 is 0 Å². The first-order valence-electron chi connectivity index (χ1n) is 8.14. The summed E-state index contributed by atoms with van der Waals surface area (Å²) in [7, 11) is 1.59. The molecule has 0 bridgehead atoms. The fourth-order valence-corrected chi connectivity index (χ4v) is 2.83. The van der Waals surface area contributed by atoms with Crippen LogP contribution in [-0.4, -0.2) is 32.6 Å². The fraction of sp³-hybridized carbons (Fsp3) is 0.100. The molecule has 6 heteroatoms. The van der Waals surface area contributed by atoms with Crippen LogP contribution in [0.15, 0.2) is 60.8 Å². The summed E-state index contributed by atoms with van der Waals surface area (Å²) in [5.74, 6) is 1.05. The van der Waals surface area contributed by atoms with Crippen LogP contribution in [0.1, 0.15) is 21.9 Å². The largest absolute Gasteiger partial charge is 0.497 e. The first-order chi connectivity index (χ1) is 12.7. The van der Waals surface area contributed by atoms with Crippen molar-refractivity contribution in [2.45, 2.75) is 6.92 Å². The Morgan fingerprint density at radius 2 is 1.73 bits per heavy atom. The Morgan fingerprint density at radius 3 is 2.42 bits per heavy atom. The number of hydrogen-bond acceptors (Lipinski definition) is 5. The number of hydrogen-bond donors (Lipinski definition) is 0. The van der Waals surface area contributed by atoms with E-state index in [1.165, 1.54) is 0 Å². The second-order valence-electron chi connectivity index (χ2n) is 5.81. The molecular formula is C20H16N4O2. The molecule has 0 radical (unpaired) electrons. The van der Waals surface area contributed by atoms with Crippen LogP contribution in [-0.2, 0) is 0 Å². The summed E-state index contributed by atoms with van der Waals surface area (Å²) in [5.41, 5.74) is 2.38. The lowest BCUT2D eigenvalue weighted by atomic mass is 10.1. The highest BCUT2D eigenvalue weighted by Crippen LogP contribution is 2.22. The number of rotatable bonds is 4. The predicted octanol–water partition coefficient (Wildman–Crippen LogP) is 3.36. The molecule has 2 heterocycles. The van der Waals surface area contributed by atoms with Crippen molar-refractivity contribution >= 4 is 16.8 Å². The minimum Gasteiger partial charge on any atom is -0.497 e. The second kappa shape index (κ2) is 6.40. The van der Waals surface area contributed by atoms with E-state index in [4.69, 9.17) is 4.74 Å². The number of para-hydroxylation sites is 1. The van der Waals surface area contributed by atoms with E-state index in [-0.39, 0.29) is 5.78 Å². The number of carbonyl (C=O) groups is 1. The predicted molar refractivity (Wildman–Crippen MR) is 97.8 cm³/mol. The molecule has 0 aliphatic rings. The van der Waals surface area contributed by atoms with Crippen LogP contribution in [0.5, 0.6) is 5.75 Å². The van der Waals surface area contributed by atoms with Gasteiger partial charge in [0, 0.05) is 5.56 Å². The lowest BCUT2D eigenvalue weighted by Gasteiger charge is -2.06. The summed E-state index contributed by atoms with van der Waals surface area (Å²) >= 11 is 0. The van der Waals surface area contributed by atoms with Gasteiger partial charge in [-0.3, -0.25) is 4.79 Å². The molecule has 0 saturated heterocycles. The summed E-state index contributed by atoms with van der Waals surface area (Å²) in [6.07, 6.45) is 1.64. The minimum atomic E-state index is -0.171. The van der Waals surface area contributed by atoms with Gasteiger partial charge in [-0.2, -0.15) is 5.10 Å². The maximum absolute atomic E-state index is 13.0. The van der Waals surface area contributed by atoms with E-state index in [0.717, 1.165) is 5.69 Å². The Labute approximate surface area is 150 Å². The van der Waals surface area contributed by atoms with E-state index in [9.17, 15) is 4.79 Å². The van der Waals surface area contributed by atoms with Crippen molar-refractivity contribution in [2.24, 2.45) is 0 Å². The van der Waals surface area contributed by atoms with Crippen LogP contribution in [0.4, 0.5) is 0 Å². The summed E-state index contributed by atoms with van der Waals surface area (Å²) in [6.45, 7) is 1.77. The third-order valence-electron chi connectivity index (χ3n) is 4.11. The maximum atomic E-state index is 13.0. The third kappa shape index (κ3) is 2.71. The zero-order chi connectivity index (χ0) is 18.1. The minimum absolute atomic E-state index is 0.171. The molecular weight excluding hydrogens is 328 g/mol. The van der Waals surface area contributed by atoms with Crippen LogP contribution in [0, 0.1) is 6.92 Å². The number of nitrogens with zero attached hydrogens (tertiary/aromatic N) is 4. The van der Waals surface area contributed by atoms with Crippen LogP contribution in [0.25, 0.3) is 16.7 Å². The van der Waals surface area contributed by atoms with Crippen molar-refractivity contribution in [3.05, 3.63) is 77.9 Å². The normalized spacial score (nSPS) is 10.8. The number of ketones is 1. The Kier molecular flexibility index (Phi) is 3.93. The zero-order valence-electron chi connectivity index (χ0n) is 14.4. The number of benzene rings is 2. The van der Waals surface area contributed by atoms with E-state index in [1.54, 1.807) is 49.2 Å². The molecule has 0 unspecified atom stereocenters. The van der Waals surface area contributed by atoms with Crippen molar-refractivity contribution in [3.8, 4) is 11.4 Å². The maximum Gasteiger partial charge on any atom is 0.212 e. The number of aromatic nitrogens is 4. The van der Waals surface area contributed by atoms with E-state index >= 15 is 0 Å². The van der Waals surface area contributed by atoms with Crippen molar-refractivity contribution in [1.29, 1.82) is 0 Å². The van der Waals surface area contributed by atoms with E-state index in [0.29, 0.717) is 33.9 Å². The molecule has 6 nitrogen and oxygen atoms in total. The number of aryl methyl sites for hydroxylation is 1. The Bertz CT molecular complexity index is 1090. The van der Waals surface area contributed by atoms with Crippen LogP contribution in [0.3, 0.4) is 0 Å². The monoisotopic (exact) mass is 344 g/mol. The molecule has 0 amide bonds. The van der Waals surface area contributed by atoms with E-state index in [2.05, 4.69) is 15.1 Å². The smallest absolute Gasteiger partial charge is 0.212 e. The van der Waals surface area contributed by atoms with Gasteiger partial charge >= 0.3 is 0 Å². The molecule has 26 heavy (non-hydrogen) atoms. The van der Waals surface area contributed by atoms with Gasteiger partial charge in [0.05, 0.1) is 24.4 Å². The number of methoxy groups -OCH3 is 1. The van der Waals surface area contributed by atoms with Gasteiger partial charge in [-0.25, -0.2) is 14.6 Å². The SMILES string of the molecule is COc1ccc(C(=O)c2nc(C)nc3c2cnn3-c2ccccc2)cc1. The van der Waals surface area contributed by atoms with Gasteiger partial charge in [0.2, 0.25) is 5.78 Å². The molecule has 128 valence electrons. The zero-order valence-corrected chi connectivity index (χ0v) is 14.4.